The number of rotatable bonds is 5. The fourth-order valence-electron chi connectivity index (χ4n) is 1.79. The van der Waals surface area contributed by atoms with Crippen molar-refractivity contribution in [2.45, 2.75) is 17.1 Å². The van der Waals surface area contributed by atoms with Gasteiger partial charge in [0.1, 0.15) is 0 Å². The van der Waals surface area contributed by atoms with Gasteiger partial charge in [-0.1, -0.05) is 35.9 Å². The predicted octanol–water partition coefficient (Wildman–Crippen LogP) is 3.84. The summed E-state index contributed by atoms with van der Waals surface area (Å²) in [6, 6.07) is 13.1. The van der Waals surface area contributed by atoms with Crippen LogP contribution < -0.4 is 5.73 Å². The molecule has 2 aromatic carbocycles. The van der Waals surface area contributed by atoms with Crippen LogP contribution in [0, 0.1) is 0 Å². The van der Waals surface area contributed by atoms with E-state index in [2.05, 4.69) is 0 Å². The number of aliphatic carboxylic acids is 1. The van der Waals surface area contributed by atoms with Crippen LogP contribution in [-0.4, -0.2) is 11.1 Å². The molecule has 0 spiro atoms. The van der Waals surface area contributed by atoms with Crippen LogP contribution in [0.25, 0.3) is 0 Å². The van der Waals surface area contributed by atoms with Crippen LogP contribution >= 0.6 is 23.4 Å². The monoisotopic (exact) mass is 307 g/mol. The number of carboxylic acid groups (broad SMARTS) is 1. The van der Waals surface area contributed by atoms with Gasteiger partial charge in [0.2, 0.25) is 0 Å². The van der Waals surface area contributed by atoms with Crippen molar-refractivity contribution < 1.29 is 9.90 Å². The van der Waals surface area contributed by atoms with Gasteiger partial charge in [-0.15, -0.1) is 11.8 Å². The first-order chi connectivity index (χ1) is 9.56. The van der Waals surface area contributed by atoms with Crippen molar-refractivity contribution in [3.05, 3.63) is 58.6 Å². The number of benzene rings is 2. The Morgan fingerprint density at radius 3 is 2.55 bits per heavy atom. The molecule has 0 unspecified atom stereocenters. The van der Waals surface area contributed by atoms with Gasteiger partial charge in [-0.25, -0.2) is 0 Å². The molecule has 0 aromatic heterocycles. The summed E-state index contributed by atoms with van der Waals surface area (Å²) in [6.07, 6.45) is 0.0409. The fraction of sp³-hybridized carbons (Fsp3) is 0.133. The Hall–Kier alpha value is -1.65. The molecule has 3 nitrogen and oxygen atoms in total. The zero-order valence-electron chi connectivity index (χ0n) is 10.7. The van der Waals surface area contributed by atoms with Gasteiger partial charge in [0.25, 0.3) is 0 Å². The minimum absolute atomic E-state index is 0.0409. The maximum absolute atomic E-state index is 10.8. The molecular formula is C15H14ClNO2S. The zero-order chi connectivity index (χ0) is 14.5. The van der Waals surface area contributed by atoms with Crippen molar-refractivity contribution in [2.75, 3.05) is 5.73 Å². The zero-order valence-corrected chi connectivity index (χ0v) is 12.2. The smallest absolute Gasteiger partial charge is 0.307 e. The number of anilines is 1. The third kappa shape index (κ3) is 3.92. The summed E-state index contributed by atoms with van der Waals surface area (Å²) in [5.41, 5.74) is 8.09. The Labute approximate surface area is 126 Å². The van der Waals surface area contributed by atoms with E-state index in [0.29, 0.717) is 16.5 Å². The maximum atomic E-state index is 10.8. The predicted molar refractivity (Wildman–Crippen MR) is 83.2 cm³/mol. The summed E-state index contributed by atoms with van der Waals surface area (Å²) < 4.78 is 0. The molecule has 0 radical (unpaired) electrons. The summed E-state index contributed by atoms with van der Waals surface area (Å²) in [5.74, 6) is -0.123. The molecule has 20 heavy (non-hydrogen) atoms. The number of halogens is 1. The minimum atomic E-state index is -0.821. The summed E-state index contributed by atoms with van der Waals surface area (Å²) >= 11 is 7.58. The van der Waals surface area contributed by atoms with Crippen molar-refractivity contribution >= 4 is 35.0 Å². The number of hydrogen-bond donors (Lipinski definition) is 2. The lowest BCUT2D eigenvalue weighted by Crippen LogP contribution is -2.02. The SMILES string of the molecule is Nc1ccc(SCc2ccccc2CC(=O)O)cc1Cl. The summed E-state index contributed by atoms with van der Waals surface area (Å²) in [7, 11) is 0. The van der Waals surface area contributed by atoms with Crippen LogP contribution in [0.1, 0.15) is 11.1 Å². The molecule has 0 saturated carbocycles. The number of carbonyl (C=O) groups is 1. The normalized spacial score (nSPS) is 10.4. The first-order valence-corrected chi connectivity index (χ1v) is 7.39. The summed E-state index contributed by atoms with van der Waals surface area (Å²) in [5, 5.41) is 9.44. The highest BCUT2D eigenvalue weighted by Gasteiger charge is 2.07. The third-order valence-corrected chi connectivity index (χ3v) is 4.20. The van der Waals surface area contributed by atoms with Gasteiger partial charge in [0, 0.05) is 10.6 Å². The standard InChI is InChI=1S/C15H14ClNO2S/c16-13-8-12(5-6-14(13)17)20-9-11-4-2-1-3-10(11)7-15(18)19/h1-6,8H,7,9,17H2,(H,18,19). The van der Waals surface area contributed by atoms with Crippen molar-refractivity contribution in [3.63, 3.8) is 0 Å². The van der Waals surface area contributed by atoms with Gasteiger partial charge in [-0.05, 0) is 29.3 Å². The number of nitrogens with two attached hydrogens (primary N) is 1. The third-order valence-electron chi connectivity index (χ3n) is 2.83. The maximum Gasteiger partial charge on any atom is 0.307 e. The lowest BCUT2D eigenvalue weighted by Gasteiger charge is -2.08. The second-order valence-electron chi connectivity index (χ2n) is 4.31. The summed E-state index contributed by atoms with van der Waals surface area (Å²) in [6.45, 7) is 0. The Kier molecular flexibility index (Phi) is 4.93. The van der Waals surface area contributed by atoms with E-state index in [1.54, 1.807) is 17.8 Å². The molecule has 0 fully saturated rings. The molecule has 0 amide bonds. The number of carboxylic acids is 1. The van der Waals surface area contributed by atoms with Gasteiger partial charge in [-0.3, -0.25) is 4.79 Å². The largest absolute Gasteiger partial charge is 0.481 e. The van der Waals surface area contributed by atoms with Crippen molar-refractivity contribution in [1.29, 1.82) is 0 Å². The van der Waals surface area contributed by atoms with Crippen LogP contribution in [0.2, 0.25) is 5.02 Å². The van der Waals surface area contributed by atoms with E-state index in [0.717, 1.165) is 16.0 Å². The van der Waals surface area contributed by atoms with Gasteiger partial charge >= 0.3 is 5.97 Å². The van der Waals surface area contributed by atoms with E-state index >= 15 is 0 Å². The second-order valence-corrected chi connectivity index (χ2v) is 5.77. The molecule has 0 atom stereocenters. The van der Waals surface area contributed by atoms with Crippen LogP contribution in [0.4, 0.5) is 5.69 Å². The molecule has 2 aromatic rings. The van der Waals surface area contributed by atoms with E-state index in [9.17, 15) is 4.79 Å². The molecule has 0 aliphatic rings. The second kappa shape index (κ2) is 6.68. The topological polar surface area (TPSA) is 63.3 Å². The van der Waals surface area contributed by atoms with E-state index < -0.39 is 5.97 Å². The van der Waals surface area contributed by atoms with Crippen LogP contribution in [-0.2, 0) is 17.0 Å². The molecule has 2 rings (SSSR count). The van der Waals surface area contributed by atoms with Crippen LogP contribution in [0.3, 0.4) is 0 Å². The molecule has 5 heteroatoms. The number of hydrogen-bond acceptors (Lipinski definition) is 3. The molecule has 0 heterocycles. The highest BCUT2D eigenvalue weighted by atomic mass is 35.5. The average molecular weight is 308 g/mol. The van der Waals surface area contributed by atoms with Gasteiger partial charge in [-0.2, -0.15) is 0 Å². The Morgan fingerprint density at radius 1 is 1.20 bits per heavy atom. The van der Waals surface area contributed by atoms with Gasteiger partial charge < -0.3 is 10.8 Å². The Balaban J connectivity index is 2.10. The number of nitrogen functional groups attached to an aromatic ring is 1. The molecule has 0 saturated heterocycles. The molecule has 104 valence electrons. The van der Waals surface area contributed by atoms with E-state index in [1.807, 2.05) is 36.4 Å². The van der Waals surface area contributed by atoms with E-state index in [4.69, 9.17) is 22.4 Å². The van der Waals surface area contributed by atoms with Crippen molar-refractivity contribution in [3.8, 4) is 0 Å². The van der Waals surface area contributed by atoms with Gasteiger partial charge in [0.15, 0.2) is 0 Å². The van der Waals surface area contributed by atoms with E-state index in [1.165, 1.54) is 0 Å². The van der Waals surface area contributed by atoms with Crippen molar-refractivity contribution in [2.24, 2.45) is 0 Å². The number of thioether (sulfide) groups is 1. The van der Waals surface area contributed by atoms with Crippen LogP contribution in [0.15, 0.2) is 47.4 Å². The molecule has 3 N–H and O–H groups in total. The average Bonchev–Trinajstić information content (AvgIpc) is 2.41. The quantitative estimate of drug-likeness (QED) is 0.650. The van der Waals surface area contributed by atoms with Crippen LogP contribution in [0.5, 0.6) is 0 Å². The first-order valence-electron chi connectivity index (χ1n) is 6.02. The molecular weight excluding hydrogens is 294 g/mol. The molecule has 0 aliphatic heterocycles. The van der Waals surface area contributed by atoms with E-state index in [-0.39, 0.29) is 6.42 Å². The molecule has 0 bridgehead atoms. The lowest BCUT2D eigenvalue weighted by atomic mass is 10.1. The lowest BCUT2D eigenvalue weighted by molar-refractivity contribution is -0.136. The summed E-state index contributed by atoms with van der Waals surface area (Å²) in [4.78, 5) is 11.8. The fourth-order valence-corrected chi connectivity index (χ4v) is 3.01. The minimum Gasteiger partial charge on any atom is -0.481 e. The van der Waals surface area contributed by atoms with Gasteiger partial charge in [0.05, 0.1) is 17.1 Å². The Bertz CT molecular complexity index is 631. The molecule has 0 aliphatic carbocycles. The Morgan fingerprint density at radius 2 is 1.90 bits per heavy atom. The van der Waals surface area contributed by atoms with Crippen molar-refractivity contribution in [1.82, 2.24) is 0 Å². The highest BCUT2D eigenvalue weighted by Crippen LogP contribution is 2.29. The first kappa shape index (κ1) is 14.8. The highest BCUT2D eigenvalue weighted by molar-refractivity contribution is 7.98.